The third-order valence-corrected chi connectivity index (χ3v) is 4.09. The number of amides is 1. The van der Waals surface area contributed by atoms with Crippen LogP contribution in [0.1, 0.15) is 0 Å². The van der Waals surface area contributed by atoms with Crippen LogP contribution in [-0.4, -0.2) is 20.9 Å². The molecule has 0 aromatic heterocycles. The first-order valence-electron chi connectivity index (χ1n) is 5.94. The fraction of sp³-hybridized carbons (Fsp3) is 0.0714. The van der Waals surface area contributed by atoms with Gasteiger partial charge in [-0.1, -0.05) is 42.5 Å². The lowest BCUT2D eigenvalue weighted by Gasteiger charge is -2.07. The number of benzene rings is 2. The van der Waals surface area contributed by atoms with E-state index in [1.807, 2.05) is 35.1 Å². The Bertz CT molecular complexity index is 695. The molecule has 0 heterocycles. The second kappa shape index (κ2) is 5.85. The SMILES string of the molecule is NCC(=O)NS(=O)(=O)c1ccc(-c2ccccc2)cc1. The van der Waals surface area contributed by atoms with E-state index in [1.54, 1.807) is 12.1 Å². The van der Waals surface area contributed by atoms with E-state index in [1.165, 1.54) is 12.1 Å². The van der Waals surface area contributed by atoms with Crippen LogP contribution in [0.25, 0.3) is 11.1 Å². The first-order valence-corrected chi connectivity index (χ1v) is 7.42. The minimum Gasteiger partial charge on any atom is -0.322 e. The molecule has 104 valence electrons. The molecule has 0 bridgehead atoms. The van der Waals surface area contributed by atoms with E-state index in [9.17, 15) is 13.2 Å². The van der Waals surface area contributed by atoms with Crippen molar-refractivity contribution in [2.75, 3.05) is 6.54 Å². The summed E-state index contributed by atoms with van der Waals surface area (Å²) < 4.78 is 25.6. The summed E-state index contributed by atoms with van der Waals surface area (Å²) in [7, 11) is -3.85. The number of sulfonamides is 1. The first kappa shape index (κ1) is 14.2. The number of hydrogen-bond donors (Lipinski definition) is 2. The Kier molecular flexibility index (Phi) is 4.16. The van der Waals surface area contributed by atoms with Gasteiger partial charge in [-0.05, 0) is 23.3 Å². The quantitative estimate of drug-likeness (QED) is 0.883. The number of carbonyl (C=O) groups is 1. The monoisotopic (exact) mass is 290 g/mol. The second-order valence-corrected chi connectivity index (χ2v) is 5.81. The van der Waals surface area contributed by atoms with E-state index >= 15 is 0 Å². The molecular formula is C14H14N2O3S. The first-order chi connectivity index (χ1) is 9.53. The van der Waals surface area contributed by atoms with Crippen molar-refractivity contribution in [3.63, 3.8) is 0 Å². The van der Waals surface area contributed by atoms with Crippen molar-refractivity contribution in [2.45, 2.75) is 4.90 Å². The molecule has 0 saturated carbocycles. The highest BCUT2D eigenvalue weighted by atomic mass is 32.2. The second-order valence-electron chi connectivity index (χ2n) is 4.12. The minimum absolute atomic E-state index is 0.0268. The van der Waals surface area contributed by atoms with Gasteiger partial charge in [-0.15, -0.1) is 0 Å². The molecule has 3 N–H and O–H groups in total. The van der Waals surface area contributed by atoms with Crippen LogP contribution in [0.2, 0.25) is 0 Å². The van der Waals surface area contributed by atoms with Gasteiger partial charge in [0.1, 0.15) is 0 Å². The van der Waals surface area contributed by atoms with Gasteiger partial charge in [-0.25, -0.2) is 13.1 Å². The van der Waals surface area contributed by atoms with Crippen molar-refractivity contribution in [1.29, 1.82) is 0 Å². The molecule has 0 aliphatic heterocycles. The van der Waals surface area contributed by atoms with E-state index in [0.717, 1.165) is 11.1 Å². The highest BCUT2D eigenvalue weighted by molar-refractivity contribution is 7.90. The molecule has 6 heteroatoms. The summed E-state index contributed by atoms with van der Waals surface area (Å²) in [5, 5.41) is 0. The molecule has 0 unspecified atom stereocenters. The van der Waals surface area contributed by atoms with E-state index < -0.39 is 15.9 Å². The van der Waals surface area contributed by atoms with Crippen molar-refractivity contribution >= 4 is 15.9 Å². The van der Waals surface area contributed by atoms with Gasteiger partial charge in [0.15, 0.2) is 0 Å². The number of nitrogens with two attached hydrogens (primary N) is 1. The van der Waals surface area contributed by atoms with Crippen LogP contribution in [0.4, 0.5) is 0 Å². The number of carbonyl (C=O) groups excluding carboxylic acids is 1. The summed E-state index contributed by atoms with van der Waals surface area (Å²) in [5.74, 6) is -0.739. The van der Waals surface area contributed by atoms with Gasteiger partial charge in [0.2, 0.25) is 5.91 Å². The van der Waals surface area contributed by atoms with Crippen LogP contribution < -0.4 is 10.5 Å². The molecule has 5 nitrogen and oxygen atoms in total. The smallest absolute Gasteiger partial charge is 0.264 e. The van der Waals surface area contributed by atoms with Crippen molar-refractivity contribution < 1.29 is 13.2 Å². The predicted molar refractivity (Wildman–Crippen MR) is 76.3 cm³/mol. The molecule has 0 saturated heterocycles. The Morgan fingerprint density at radius 3 is 2.05 bits per heavy atom. The fourth-order valence-electron chi connectivity index (χ4n) is 1.71. The summed E-state index contributed by atoms with van der Waals surface area (Å²) >= 11 is 0. The third-order valence-electron chi connectivity index (χ3n) is 2.71. The van der Waals surface area contributed by atoms with E-state index in [4.69, 9.17) is 5.73 Å². The molecule has 0 spiro atoms. The summed E-state index contributed by atoms with van der Waals surface area (Å²) in [4.78, 5) is 11.1. The molecule has 0 aliphatic carbocycles. The zero-order valence-corrected chi connectivity index (χ0v) is 11.4. The highest BCUT2D eigenvalue weighted by Crippen LogP contribution is 2.20. The predicted octanol–water partition coefficient (Wildman–Crippen LogP) is 1.12. The lowest BCUT2D eigenvalue weighted by Crippen LogP contribution is -2.35. The average molecular weight is 290 g/mol. The maximum Gasteiger partial charge on any atom is 0.264 e. The highest BCUT2D eigenvalue weighted by Gasteiger charge is 2.16. The topological polar surface area (TPSA) is 89.3 Å². The molecule has 2 aromatic rings. The van der Waals surface area contributed by atoms with Crippen molar-refractivity contribution in [3.05, 3.63) is 54.6 Å². The number of nitrogens with one attached hydrogen (secondary N) is 1. The van der Waals surface area contributed by atoms with Gasteiger partial charge < -0.3 is 5.73 Å². The van der Waals surface area contributed by atoms with Crippen LogP contribution >= 0.6 is 0 Å². The van der Waals surface area contributed by atoms with Crippen molar-refractivity contribution in [2.24, 2.45) is 5.73 Å². The molecule has 0 aliphatic rings. The van der Waals surface area contributed by atoms with E-state index in [2.05, 4.69) is 0 Å². The Balaban J connectivity index is 2.27. The number of hydrogen-bond acceptors (Lipinski definition) is 4. The summed E-state index contributed by atoms with van der Waals surface area (Å²) in [6.45, 7) is -0.374. The van der Waals surface area contributed by atoms with Gasteiger partial charge >= 0.3 is 0 Å². The van der Waals surface area contributed by atoms with Gasteiger partial charge in [0.25, 0.3) is 10.0 Å². The average Bonchev–Trinajstić information content (AvgIpc) is 2.48. The Morgan fingerprint density at radius 1 is 0.950 bits per heavy atom. The minimum atomic E-state index is -3.85. The molecule has 0 fully saturated rings. The zero-order valence-electron chi connectivity index (χ0n) is 10.6. The van der Waals surface area contributed by atoms with E-state index in [-0.39, 0.29) is 11.4 Å². The molecule has 2 rings (SSSR count). The summed E-state index contributed by atoms with van der Waals surface area (Å²) in [6, 6.07) is 15.9. The summed E-state index contributed by atoms with van der Waals surface area (Å²) in [6.07, 6.45) is 0. The Hall–Kier alpha value is -2.18. The van der Waals surface area contributed by atoms with Gasteiger partial charge in [-0.2, -0.15) is 0 Å². The summed E-state index contributed by atoms with van der Waals surface area (Å²) in [5.41, 5.74) is 6.97. The van der Waals surface area contributed by atoms with Gasteiger partial charge in [0, 0.05) is 0 Å². The molecule has 0 atom stereocenters. The normalized spacial score (nSPS) is 11.1. The maximum atomic E-state index is 11.9. The molecule has 1 amide bonds. The largest absolute Gasteiger partial charge is 0.322 e. The van der Waals surface area contributed by atoms with E-state index in [0.29, 0.717) is 0 Å². The Labute approximate surface area is 117 Å². The lowest BCUT2D eigenvalue weighted by molar-refractivity contribution is -0.118. The van der Waals surface area contributed by atoms with Crippen LogP contribution in [0.3, 0.4) is 0 Å². The molecule has 20 heavy (non-hydrogen) atoms. The maximum absolute atomic E-state index is 11.9. The fourth-order valence-corrected chi connectivity index (χ4v) is 2.70. The standard InChI is InChI=1S/C14H14N2O3S/c15-10-14(17)16-20(18,19)13-8-6-12(7-9-13)11-4-2-1-3-5-11/h1-9H,10,15H2,(H,16,17). The van der Waals surface area contributed by atoms with Crippen LogP contribution in [0.5, 0.6) is 0 Å². The zero-order chi connectivity index (χ0) is 14.6. The van der Waals surface area contributed by atoms with Crippen molar-refractivity contribution in [3.8, 4) is 11.1 Å². The molecular weight excluding hydrogens is 276 g/mol. The lowest BCUT2D eigenvalue weighted by atomic mass is 10.1. The number of rotatable bonds is 4. The van der Waals surface area contributed by atoms with Gasteiger partial charge in [0.05, 0.1) is 11.4 Å². The van der Waals surface area contributed by atoms with Crippen LogP contribution in [-0.2, 0) is 14.8 Å². The van der Waals surface area contributed by atoms with Crippen LogP contribution in [0.15, 0.2) is 59.5 Å². The van der Waals surface area contributed by atoms with Crippen LogP contribution in [0, 0.1) is 0 Å². The molecule has 2 aromatic carbocycles. The van der Waals surface area contributed by atoms with Gasteiger partial charge in [-0.3, -0.25) is 4.79 Å². The Morgan fingerprint density at radius 2 is 1.50 bits per heavy atom. The third kappa shape index (κ3) is 3.23. The molecule has 0 radical (unpaired) electrons. The van der Waals surface area contributed by atoms with Crippen molar-refractivity contribution in [1.82, 2.24) is 4.72 Å².